The lowest BCUT2D eigenvalue weighted by molar-refractivity contribution is 0.0784. The summed E-state index contributed by atoms with van der Waals surface area (Å²) in [5, 5.41) is 0. The van der Waals surface area contributed by atoms with Crippen molar-refractivity contribution in [1.29, 1.82) is 0 Å². The van der Waals surface area contributed by atoms with E-state index in [1.807, 2.05) is 43.3 Å². The number of nitrogens with zero attached hydrogens (tertiary/aromatic N) is 5. The van der Waals surface area contributed by atoms with E-state index in [0.717, 1.165) is 49.6 Å². The molecule has 0 saturated carbocycles. The molecule has 0 N–H and O–H groups in total. The lowest BCUT2D eigenvalue weighted by Gasteiger charge is -2.26. The van der Waals surface area contributed by atoms with Gasteiger partial charge in [-0.1, -0.05) is 13.3 Å². The van der Waals surface area contributed by atoms with Crippen molar-refractivity contribution in [3.8, 4) is 11.1 Å². The van der Waals surface area contributed by atoms with Crippen LogP contribution in [0.25, 0.3) is 11.1 Å². The number of hydrogen-bond acceptors (Lipinski definition) is 5. The van der Waals surface area contributed by atoms with Crippen molar-refractivity contribution in [1.82, 2.24) is 19.4 Å². The van der Waals surface area contributed by atoms with Crippen molar-refractivity contribution in [2.45, 2.75) is 19.8 Å². The minimum atomic E-state index is 0.0399. The number of hydrogen-bond donors (Lipinski definition) is 0. The van der Waals surface area contributed by atoms with Crippen LogP contribution in [-0.2, 0) is 11.8 Å². The van der Waals surface area contributed by atoms with Gasteiger partial charge in [-0.2, -0.15) is 0 Å². The monoisotopic (exact) mass is 357 g/mol. The molecule has 7 heteroatoms. The first-order chi connectivity index (χ1) is 12.6. The van der Waals surface area contributed by atoms with E-state index in [0.29, 0.717) is 18.9 Å². The third-order valence-electron chi connectivity index (χ3n) is 4.68. The number of aromatic nitrogens is 3. The van der Waals surface area contributed by atoms with Crippen molar-refractivity contribution >= 4 is 11.9 Å². The molecule has 0 atom stereocenters. The van der Waals surface area contributed by atoms with Gasteiger partial charge in [0.05, 0.1) is 13.2 Å². The predicted octanol–water partition coefficient (Wildman–Crippen LogP) is 2.19. The summed E-state index contributed by atoms with van der Waals surface area (Å²) >= 11 is 0. The quantitative estimate of drug-likeness (QED) is 0.793. The summed E-state index contributed by atoms with van der Waals surface area (Å²) < 4.78 is 7.23. The highest BCUT2D eigenvalue weighted by atomic mass is 16.5. The van der Waals surface area contributed by atoms with Crippen LogP contribution in [0.2, 0.25) is 0 Å². The van der Waals surface area contributed by atoms with Crippen molar-refractivity contribution in [2.75, 3.05) is 44.8 Å². The summed E-state index contributed by atoms with van der Waals surface area (Å²) in [7, 11) is 3.75. The number of anilines is 1. The summed E-state index contributed by atoms with van der Waals surface area (Å²) in [4.78, 5) is 25.5. The lowest BCUT2D eigenvalue weighted by Crippen LogP contribution is -2.37. The Morgan fingerprint density at radius 1 is 1.23 bits per heavy atom. The molecular weight excluding hydrogens is 330 g/mol. The third kappa shape index (κ3) is 4.04. The van der Waals surface area contributed by atoms with Crippen LogP contribution >= 0.6 is 0 Å². The minimum absolute atomic E-state index is 0.0399. The maximum absolute atomic E-state index is 12.6. The van der Waals surface area contributed by atoms with E-state index in [1.165, 1.54) is 0 Å². The molecule has 1 fully saturated rings. The molecular formula is C19H27N5O2. The van der Waals surface area contributed by atoms with Gasteiger partial charge in [-0.3, -0.25) is 4.79 Å². The third-order valence-corrected chi connectivity index (χ3v) is 4.68. The number of aryl methyl sites for hydroxylation is 1. The molecule has 1 aliphatic heterocycles. The van der Waals surface area contributed by atoms with Crippen molar-refractivity contribution in [3.05, 3.63) is 30.4 Å². The van der Waals surface area contributed by atoms with Crippen LogP contribution in [0.3, 0.4) is 0 Å². The van der Waals surface area contributed by atoms with E-state index in [9.17, 15) is 4.79 Å². The average Bonchev–Trinajstić information content (AvgIpc) is 3.08. The Labute approximate surface area is 154 Å². The van der Waals surface area contributed by atoms with Crippen LogP contribution < -0.4 is 4.90 Å². The Morgan fingerprint density at radius 2 is 1.92 bits per heavy atom. The summed E-state index contributed by atoms with van der Waals surface area (Å²) in [5.74, 6) is 0.765. The van der Waals surface area contributed by atoms with E-state index in [-0.39, 0.29) is 5.91 Å². The standard InChI is InChI=1S/C19H27N5O2/c1-4-5-6-22(2)18(25)17-11-15(14-23(17)3)16-12-20-19(21-13-16)24-7-9-26-10-8-24/h11-14H,4-10H2,1-3H3. The van der Waals surface area contributed by atoms with Gasteiger partial charge in [-0.25, -0.2) is 9.97 Å². The van der Waals surface area contributed by atoms with Crippen molar-refractivity contribution < 1.29 is 9.53 Å². The molecule has 0 aliphatic carbocycles. The van der Waals surface area contributed by atoms with Gasteiger partial charge in [0.15, 0.2) is 0 Å². The molecule has 0 unspecified atom stereocenters. The number of carbonyl (C=O) groups excluding carboxylic acids is 1. The number of carbonyl (C=O) groups is 1. The first-order valence-corrected chi connectivity index (χ1v) is 9.17. The molecule has 2 aromatic heterocycles. The number of rotatable bonds is 6. The molecule has 0 radical (unpaired) electrons. The highest BCUT2D eigenvalue weighted by Crippen LogP contribution is 2.22. The Bertz CT molecular complexity index is 735. The fourth-order valence-corrected chi connectivity index (χ4v) is 3.02. The fourth-order valence-electron chi connectivity index (χ4n) is 3.02. The van der Waals surface area contributed by atoms with Gasteiger partial charge in [0.1, 0.15) is 5.69 Å². The maximum Gasteiger partial charge on any atom is 0.270 e. The summed E-state index contributed by atoms with van der Waals surface area (Å²) in [6, 6.07) is 1.91. The predicted molar refractivity (Wildman–Crippen MR) is 101 cm³/mol. The van der Waals surface area contributed by atoms with Gasteiger partial charge in [0, 0.05) is 63.4 Å². The summed E-state index contributed by atoms with van der Waals surface area (Å²) in [6.45, 7) is 5.94. The minimum Gasteiger partial charge on any atom is -0.378 e. The molecule has 3 rings (SSSR count). The second kappa shape index (κ2) is 8.31. The van der Waals surface area contributed by atoms with Crippen LogP contribution in [0.15, 0.2) is 24.7 Å². The van der Waals surface area contributed by atoms with Crippen LogP contribution in [0.5, 0.6) is 0 Å². The molecule has 2 aromatic rings. The zero-order valence-electron chi connectivity index (χ0n) is 15.8. The normalized spacial score (nSPS) is 14.5. The molecule has 26 heavy (non-hydrogen) atoms. The highest BCUT2D eigenvalue weighted by Gasteiger charge is 2.18. The largest absolute Gasteiger partial charge is 0.378 e. The number of unbranched alkanes of at least 4 members (excludes halogenated alkanes) is 1. The van der Waals surface area contributed by atoms with Crippen molar-refractivity contribution in [2.24, 2.45) is 7.05 Å². The Morgan fingerprint density at radius 3 is 2.58 bits per heavy atom. The second-order valence-electron chi connectivity index (χ2n) is 6.68. The Hall–Kier alpha value is -2.41. The van der Waals surface area contributed by atoms with Gasteiger partial charge in [0.2, 0.25) is 5.95 Å². The number of morpholine rings is 1. The van der Waals surface area contributed by atoms with E-state index < -0.39 is 0 Å². The first kappa shape index (κ1) is 18.4. The lowest BCUT2D eigenvalue weighted by atomic mass is 10.2. The molecule has 7 nitrogen and oxygen atoms in total. The Kier molecular flexibility index (Phi) is 5.88. The zero-order chi connectivity index (χ0) is 18.5. The summed E-state index contributed by atoms with van der Waals surface area (Å²) in [5.41, 5.74) is 2.54. The molecule has 0 spiro atoms. The van der Waals surface area contributed by atoms with E-state index >= 15 is 0 Å². The van der Waals surface area contributed by atoms with Crippen LogP contribution in [0, 0.1) is 0 Å². The van der Waals surface area contributed by atoms with Gasteiger partial charge in [-0.15, -0.1) is 0 Å². The zero-order valence-corrected chi connectivity index (χ0v) is 15.8. The number of ether oxygens (including phenoxy) is 1. The van der Waals surface area contributed by atoms with Crippen LogP contribution in [0.4, 0.5) is 5.95 Å². The van der Waals surface area contributed by atoms with Gasteiger partial charge < -0.3 is 19.1 Å². The van der Waals surface area contributed by atoms with Gasteiger partial charge in [0.25, 0.3) is 5.91 Å². The molecule has 1 saturated heterocycles. The maximum atomic E-state index is 12.6. The van der Waals surface area contributed by atoms with Crippen LogP contribution in [0.1, 0.15) is 30.3 Å². The summed E-state index contributed by atoms with van der Waals surface area (Å²) in [6.07, 6.45) is 7.68. The smallest absolute Gasteiger partial charge is 0.270 e. The molecule has 3 heterocycles. The van der Waals surface area contributed by atoms with Gasteiger partial charge >= 0.3 is 0 Å². The molecule has 1 aliphatic rings. The molecule has 0 bridgehead atoms. The topological polar surface area (TPSA) is 63.5 Å². The first-order valence-electron chi connectivity index (χ1n) is 9.17. The van der Waals surface area contributed by atoms with E-state index in [4.69, 9.17) is 4.74 Å². The van der Waals surface area contributed by atoms with Gasteiger partial charge in [-0.05, 0) is 12.5 Å². The van der Waals surface area contributed by atoms with E-state index in [1.54, 1.807) is 4.90 Å². The fraction of sp³-hybridized carbons (Fsp3) is 0.526. The Balaban J connectivity index is 1.74. The SMILES string of the molecule is CCCCN(C)C(=O)c1cc(-c2cnc(N3CCOCC3)nc2)cn1C. The van der Waals surface area contributed by atoms with Crippen molar-refractivity contribution in [3.63, 3.8) is 0 Å². The molecule has 140 valence electrons. The molecule has 1 amide bonds. The second-order valence-corrected chi connectivity index (χ2v) is 6.68. The highest BCUT2D eigenvalue weighted by molar-refractivity contribution is 5.94. The van der Waals surface area contributed by atoms with Crippen LogP contribution in [-0.4, -0.2) is 65.2 Å². The molecule has 0 aromatic carbocycles. The van der Waals surface area contributed by atoms with E-state index in [2.05, 4.69) is 21.8 Å². The average molecular weight is 357 g/mol. The number of amides is 1.